The molecule has 0 atom stereocenters. The SMILES string of the molecule is CC.[B]c1ccc2[nH]cc(C(C)C)c2c1.[HH]. The molecule has 0 unspecified atom stereocenters. The lowest BCUT2D eigenvalue weighted by atomic mass is 9.93. The summed E-state index contributed by atoms with van der Waals surface area (Å²) in [5, 5.41) is 1.25. The van der Waals surface area contributed by atoms with Gasteiger partial charge in [-0.1, -0.05) is 45.3 Å². The molecule has 0 aliphatic heterocycles. The molecule has 0 amide bonds. The van der Waals surface area contributed by atoms with Crippen molar-refractivity contribution in [2.45, 2.75) is 33.6 Å². The van der Waals surface area contributed by atoms with Gasteiger partial charge in [0.05, 0.1) is 0 Å². The Kier molecular flexibility index (Phi) is 4.01. The zero-order valence-electron chi connectivity index (χ0n) is 9.96. The summed E-state index contributed by atoms with van der Waals surface area (Å²) in [6.07, 6.45) is 2.06. The minimum absolute atomic E-state index is 0. The van der Waals surface area contributed by atoms with Gasteiger partial charge in [-0.15, -0.1) is 0 Å². The number of benzene rings is 1. The molecule has 0 aliphatic rings. The molecule has 0 saturated carbocycles. The number of H-pyrrole nitrogens is 1. The van der Waals surface area contributed by atoms with Crippen LogP contribution in [0.2, 0.25) is 0 Å². The van der Waals surface area contributed by atoms with Crippen molar-refractivity contribution in [3.63, 3.8) is 0 Å². The summed E-state index contributed by atoms with van der Waals surface area (Å²) in [4.78, 5) is 3.24. The molecule has 1 aromatic heterocycles. The van der Waals surface area contributed by atoms with Crippen molar-refractivity contribution in [3.8, 4) is 0 Å². The second-order valence-corrected chi connectivity index (χ2v) is 3.70. The van der Waals surface area contributed by atoms with Gasteiger partial charge in [-0.25, -0.2) is 0 Å². The van der Waals surface area contributed by atoms with E-state index in [9.17, 15) is 0 Å². The summed E-state index contributed by atoms with van der Waals surface area (Å²) in [6.45, 7) is 8.37. The molecule has 2 rings (SSSR count). The number of hydrogen-bond acceptors (Lipinski definition) is 0. The van der Waals surface area contributed by atoms with Gasteiger partial charge in [0, 0.05) is 18.5 Å². The fraction of sp³-hybridized carbons (Fsp3) is 0.385. The second kappa shape index (κ2) is 5.06. The largest absolute Gasteiger partial charge is 0.361 e. The lowest BCUT2D eigenvalue weighted by Crippen LogP contribution is -1.99. The van der Waals surface area contributed by atoms with Crippen LogP contribution >= 0.6 is 0 Å². The van der Waals surface area contributed by atoms with Gasteiger partial charge in [0.2, 0.25) is 0 Å². The third-order valence-corrected chi connectivity index (χ3v) is 2.36. The standard InChI is InChI=1S/C11H12BN.C2H6.H2/c1-7(2)10-6-13-11-4-3-8(12)5-9(10)11;1-2;/h3-7,13H,1-2H3;1-2H3;1H. The Morgan fingerprint density at radius 2 is 1.93 bits per heavy atom. The van der Waals surface area contributed by atoms with Crippen LogP contribution in [0.3, 0.4) is 0 Å². The van der Waals surface area contributed by atoms with Gasteiger partial charge in [-0.2, -0.15) is 0 Å². The van der Waals surface area contributed by atoms with Gasteiger partial charge in [0.15, 0.2) is 0 Å². The predicted molar refractivity (Wildman–Crippen MR) is 71.2 cm³/mol. The van der Waals surface area contributed by atoms with E-state index in [0.717, 1.165) is 11.0 Å². The van der Waals surface area contributed by atoms with Crippen LogP contribution in [0.25, 0.3) is 10.9 Å². The minimum atomic E-state index is 0. The van der Waals surface area contributed by atoms with Crippen LogP contribution in [0.15, 0.2) is 24.4 Å². The fourth-order valence-electron chi connectivity index (χ4n) is 1.64. The average Bonchev–Trinajstić information content (AvgIpc) is 2.63. The van der Waals surface area contributed by atoms with Gasteiger partial charge >= 0.3 is 0 Å². The monoisotopic (exact) mass is 201 g/mol. The molecule has 2 heteroatoms. The Bertz CT molecular complexity index is 434. The molecule has 1 nitrogen and oxygen atoms in total. The van der Waals surface area contributed by atoms with Crippen molar-refractivity contribution in [2.24, 2.45) is 0 Å². The first kappa shape index (κ1) is 11.9. The average molecular weight is 201 g/mol. The molecule has 1 aromatic carbocycles. The Morgan fingerprint density at radius 1 is 1.27 bits per heavy atom. The summed E-state index contributed by atoms with van der Waals surface area (Å²) < 4.78 is 0. The third kappa shape index (κ3) is 2.44. The zero-order chi connectivity index (χ0) is 11.4. The number of nitrogens with one attached hydrogen (secondary N) is 1. The molecular formula is C13H20BN. The van der Waals surface area contributed by atoms with Crippen LogP contribution in [-0.4, -0.2) is 12.8 Å². The molecule has 1 heterocycles. The van der Waals surface area contributed by atoms with Gasteiger partial charge < -0.3 is 4.98 Å². The molecule has 15 heavy (non-hydrogen) atoms. The van der Waals surface area contributed by atoms with Gasteiger partial charge in [0.1, 0.15) is 7.85 Å². The number of fused-ring (bicyclic) bond motifs is 1. The maximum Gasteiger partial charge on any atom is 0.113 e. The Hall–Kier alpha value is -1.18. The summed E-state index contributed by atoms with van der Waals surface area (Å²) in [7, 11) is 5.74. The normalized spacial score (nSPS) is 10.2. The number of rotatable bonds is 1. The van der Waals surface area contributed by atoms with Gasteiger partial charge in [-0.3, -0.25) is 0 Å². The molecule has 0 spiro atoms. The molecule has 0 saturated heterocycles. The number of aromatic amines is 1. The fourth-order valence-corrected chi connectivity index (χ4v) is 1.64. The summed E-state index contributed by atoms with van der Waals surface area (Å²) in [6, 6.07) is 5.97. The van der Waals surface area contributed by atoms with E-state index in [1.54, 1.807) is 0 Å². The topological polar surface area (TPSA) is 15.8 Å². The second-order valence-electron chi connectivity index (χ2n) is 3.70. The third-order valence-electron chi connectivity index (χ3n) is 2.36. The van der Waals surface area contributed by atoms with Crippen LogP contribution in [-0.2, 0) is 0 Å². The van der Waals surface area contributed by atoms with Crippen LogP contribution in [0.5, 0.6) is 0 Å². The minimum Gasteiger partial charge on any atom is -0.361 e. The van der Waals surface area contributed by atoms with E-state index in [4.69, 9.17) is 7.85 Å². The first-order valence-electron chi connectivity index (χ1n) is 5.55. The van der Waals surface area contributed by atoms with E-state index < -0.39 is 0 Å². The van der Waals surface area contributed by atoms with Crippen LogP contribution in [0.1, 0.15) is 40.6 Å². The smallest absolute Gasteiger partial charge is 0.113 e. The van der Waals surface area contributed by atoms with Crippen molar-refractivity contribution >= 4 is 24.2 Å². The van der Waals surface area contributed by atoms with Gasteiger partial charge in [-0.05, 0) is 17.5 Å². The quantitative estimate of drug-likeness (QED) is 0.681. The highest BCUT2D eigenvalue weighted by Crippen LogP contribution is 2.23. The van der Waals surface area contributed by atoms with E-state index in [1.165, 1.54) is 10.9 Å². The summed E-state index contributed by atoms with van der Waals surface area (Å²) in [5.74, 6) is 0.538. The predicted octanol–water partition coefficient (Wildman–Crippen LogP) is 3.36. The molecule has 2 aromatic rings. The van der Waals surface area contributed by atoms with E-state index in [2.05, 4.69) is 25.0 Å². The number of aromatic nitrogens is 1. The molecule has 0 aliphatic carbocycles. The van der Waals surface area contributed by atoms with Crippen molar-refractivity contribution in [2.75, 3.05) is 0 Å². The first-order chi connectivity index (χ1) is 7.18. The van der Waals surface area contributed by atoms with E-state index >= 15 is 0 Å². The first-order valence-corrected chi connectivity index (χ1v) is 5.55. The van der Waals surface area contributed by atoms with E-state index in [1.807, 2.05) is 32.0 Å². The molecule has 2 radical (unpaired) electrons. The van der Waals surface area contributed by atoms with Crippen molar-refractivity contribution in [1.29, 1.82) is 0 Å². The van der Waals surface area contributed by atoms with E-state index in [0.29, 0.717) is 5.92 Å². The molecule has 1 N–H and O–H groups in total. The van der Waals surface area contributed by atoms with E-state index in [-0.39, 0.29) is 1.43 Å². The highest BCUT2D eigenvalue weighted by molar-refractivity contribution is 6.33. The summed E-state index contributed by atoms with van der Waals surface area (Å²) in [5.41, 5.74) is 3.33. The zero-order valence-corrected chi connectivity index (χ0v) is 9.96. The summed E-state index contributed by atoms with van der Waals surface area (Å²) >= 11 is 0. The lowest BCUT2D eigenvalue weighted by Gasteiger charge is -2.02. The molecule has 80 valence electrons. The van der Waals surface area contributed by atoms with Crippen molar-refractivity contribution in [1.82, 2.24) is 4.98 Å². The Morgan fingerprint density at radius 3 is 2.53 bits per heavy atom. The van der Waals surface area contributed by atoms with Crippen LogP contribution in [0.4, 0.5) is 0 Å². The Balaban J connectivity index is 0.000000711. The number of hydrogen-bond donors (Lipinski definition) is 1. The van der Waals surface area contributed by atoms with Crippen LogP contribution < -0.4 is 5.46 Å². The molecule has 0 bridgehead atoms. The van der Waals surface area contributed by atoms with Crippen molar-refractivity contribution < 1.29 is 1.43 Å². The highest BCUT2D eigenvalue weighted by Gasteiger charge is 2.06. The highest BCUT2D eigenvalue weighted by atomic mass is 14.7. The molecule has 0 fully saturated rings. The van der Waals surface area contributed by atoms with Crippen molar-refractivity contribution in [3.05, 3.63) is 30.0 Å². The van der Waals surface area contributed by atoms with Gasteiger partial charge in [0.25, 0.3) is 0 Å². The van der Waals surface area contributed by atoms with Crippen LogP contribution in [0, 0.1) is 0 Å². The molecular weight excluding hydrogens is 181 g/mol. The lowest BCUT2D eigenvalue weighted by molar-refractivity contribution is 0.876. The maximum absolute atomic E-state index is 5.74. The Labute approximate surface area is 94.8 Å². The maximum atomic E-state index is 5.74.